The molecule has 0 atom stereocenters. The molecule has 1 aliphatic rings. The molecular weight excluding hydrogens is 323 g/mol. The highest BCUT2D eigenvalue weighted by atomic mass is 19.1. The number of halogens is 1. The van der Waals surface area contributed by atoms with E-state index >= 15 is 0 Å². The van der Waals surface area contributed by atoms with Gasteiger partial charge in [-0.3, -0.25) is 9.59 Å². The molecule has 1 N–H and O–H groups in total. The van der Waals surface area contributed by atoms with Gasteiger partial charge in [-0.1, -0.05) is 18.2 Å². The lowest BCUT2D eigenvalue weighted by molar-refractivity contribution is -0.117. The van der Waals surface area contributed by atoms with Crippen LogP contribution in [-0.4, -0.2) is 35.8 Å². The van der Waals surface area contributed by atoms with Gasteiger partial charge in [-0.2, -0.15) is 0 Å². The summed E-state index contributed by atoms with van der Waals surface area (Å²) in [6, 6.07) is 9.60. The van der Waals surface area contributed by atoms with Gasteiger partial charge in [0, 0.05) is 30.8 Å². The number of likely N-dealkylation sites (tertiary alicyclic amines) is 1. The van der Waals surface area contributed by atoms with Crippen molar-refractivity contribution in [2.45, 2.75) is 18.9 Å². The van der Waals surface area contributed by atoms with E-state index < -0.39 is 0 Å². The molecule has 2 heterocycles. The van der Waals surface area contributed by atoms with Crippen molar-refractivity contribution in [1.82, 2.24) is 10.2 Å². The van der Waals surface area contributed by atoms with Gasteiger partial charge in [0.2, 0.25) is 5.91 Å². The van der Waals surface area contributed by atoms with Crippen LogP contribution in [0.3, 0.4) is 0 Å². The van der Waals surface area contributed by atoms with E-state index in [2.05, 4.69) is 5.32 Å². The monoisotopic (exact) mass is 342 g/mol. The van der Waals surface area contributed by atoms with Gasteiger partial charge in [-0.15, -0.1) is 0 Å². The van der Waals surface area contributed by atoms with Crippen molar-refractivity contribution in [3.8, 4) is 0 Å². The summed E-state index contributed by atoms with van der Waals surface area (Å²) >= 11 is 0. The molecule has 2 amide bonds. The number of nitrogens with one attached hydrogen (secondary N) is 1. The minimum absolute atomic E-state index is 0.00146. The Bertz CT molecular complexity index is 763. The van der Waals surface area contributed by atoms with Crippen LogP contribution in [0.4, 0.5) is 4.39 Å². The SMILES string of the molecule is O=C(/C=C/c1ccccc1F)NC1CCN(C(=O)c2ccco2)CC1. The first kappa shape index (κ1) is 17.0. The van der Waals surface area contributed by atoms with Gasteiger partial charge in [0.05, 0.1) is 6.26 Å². The van der Waals surface area contributed by atoms with E-state index in [-0.39, 0.29) is 23.7 Å². The first-order valence-electron chi connectivity index (χ1n) is 8.19. The van der Waals surface area contributed by atoms with Crippen LogP contribution in [0.25, 0.3) is 6.08 Å². The smallest absolute Gasteiger partial charge is 0.289 e. The molecule has 1 aromatic heterocycles. The Balaban J connectivity index is 1.48. The third-order valence-corrected chi connectivity index (χ3v) is 4.18. The van der Waals surface area contributed by atoms with Crippen molar-refractivity contribution in [2.24, 2.45) is 0 Å². The Morgan fingerprint density at radius 3 is 2.60 bits per heavy atom. The van der Waals surface area contributed by atoms with Gasteiger partial charge in [0.1, 0.15) is 5.82 Å². The largest absolute Gasteiger partial charge is 0.459 e. The summed E-state index contributed by atoms with van der Waals surface area (Å²) in [6.45, 7) is 1.11. The van der Waals surface area contributed by atoms with Crippen molar-refractivity contribution in [1.29, 1.82) is 0 Å². The Kier molecular flexibility index (Phi) is 5.28. The predicted molar refractivity (Wildman–Crippen MR) is 91.2 cm³/mol. The van der Waals surface area contributed by atoms with Crippen LogP contribution in [0.5, 0.6) is 0 Å². The molecular formula is C19H19FN2O3. The van der Waals surface area contributed by atoms with E-state index in [0.717, 1.165) is 0 Å². The average Bonchev–Trinajstić information content (AvgIpc) is 3.16. The van der Waals surface area contributed by atoms with E-state index in [1.54, 1.807) is 35.2 Å². The second-order valence-corrected chi connectivity index (χ2v) is 5.91. The molecule has 130 valence electrons. The minimum Gasteiger partial charge on any atom is -0.459 e. The number of amides is 2. The van der Waals surface area contributed by atoms with E-state index in [9.17, 15) is 14.0 Å². The quantitative estimate of drug-likeness (QED) is 0.869. The molecule has 0 spiro atoms. The first-order valence-corrected chi connectivity index (χ1v) is 8.19. The highest BCUT2D eigenvalue weighted by Gasteiger charge is 2.25. The number of hydrogen-bond acceptors (Lipinski definition) is 3. The third kappa shape index (κ3) is 4.35. The van der Waals surface area contributed by atoms with Gasteiger partial charge >= 0.3 is 0 Å². The lowest BCUT2D eigenvalue weighted by atomic mass is 10.0. The molecule has 2 aromatic rings. The molecule has 6 heteroatoms. The molecule has 0 aliphatic carbocycles. The van der Waals surface area contributed by atoms with Crippen LogP contribution < -0.4 is 5.32 Å². The van der Waals surface area contributed by atoms with Gasteiger partial charge in [0.15, 0.2) is 5.76 Å². The zero-order valence-electron chi connectivity index (χ0n) is 13.7. The van der Waals surface area contributed by atoms with Crippen LogP contribution in [0.1, 0.15) is 29.0 Å². The Morgan fingerprint density at radius 2 is 1.92 bits per heavy atom. The molecule has 5 nitrogen and oxygen atoms in total. The number of carbonyl (C=O) groups is 2. The summed E-state index contributed by atoms with van der Waals surface area (Å²) in [7, 11) is 0. The van der Waals surface area contributed by atoms with Crippen molar-refractivity contribution >= 4 is 17.9 Å². The summed E-state index contributed by atoms with van der Waals surface area (Å²) in [5, 5.41) is 2.89. The molecule has 1 aliphatic heterocycles. The van der Waals surface area contributed by atoms with E-state index in [4.69, 9.17) is 4.42 Å². The highest BCUT2D eigenvalue weighted by molar-refractivity contribution is 5.92. The molecule has 0 radical (unpaired) electrons. The first-order chi connectivity index (χ1) is 12.1. The molecule has 1 fully saturated rings. The third-order valence-electron chi connectivity index (χ3n) is 4.18. The molecule has 0 saturated carbocycles. The van der Waals surface area contributed by atoms with E-state index in [0.29, 0.717) is 37.3 Å². The van der Waals surface area contributed by atoms with Crippen molar-refractivity contribution in [2.75, 3.05) is 13.1 Å². The molecule has 25 heavy (non-hydrogen) atoms. The van der Waals surface area contributed by atoms with Crippen LogP contribution in [0.2, 0.25) is 0 Å². The zero-order valence-corrected chi connectivity index (χ0v) is 13.7. The van der Waals surface area contributed by atoms with Crippen LogP contribution >= 0.6 is 0 Å². The summed E-state index contributed by atoms with van der Waals surface area (Å²) in [5.41, 5.74) is 0.372. The molecule has 1 aromatic carbocycles. The number of rotatable bonds is 4. The van der Waals surface area contributed by atoms with E-state index in [1.165, 1.54) is 24.5 Å². The number of nitrogens with zero attached hydrogens (tertiary/aromatic N) is 1. The summed E-state index contributed by atoms with van der Waals surface area (Å²) < 4.78 is 18.6. The fraction of sp³-hybridized carbons (Fsp3) is 0.263. The molecule has 1 saturated heterocycles. The maximum atomic E-state index is 13.5. The Morgan fingerprint density at radius 1 is 1.16 bits per heavy atom. The molecule has 0 unspecified atom stereocenters. The lowest BCUT2D eigenvalue weighted by Gasteiger charge is -2.31. The topological polar surface area (TPSA) is 62.6 Å². The maximum absolute atomic E-state index is 13.5. The van der Waals surface area contributed by atoms with Crippen LogP contribution in [0, 0.1) is 5.82 Å². The maximum Gasteiger partial charge on any atom is 0.289 e. The second-order valence-electron chi connectivity index (χ2n) is 5.91. The fourth-order valence-electron chi connectivity index (χ4n) is 2.81. The van der Waals surface area contributed by atoms with Gasteiger partial charge < -0.3 is 14.6 Å². The Labute approximate surface area is 145 Å². The summed E-state index contributed by atoms with van der Waals surface area (Å²) in [5.74, 6) is -0.431. The lowest BCUT2D eigenvalue weighted by Crippen LogP contribution is -2.46. The zero-order chi connectivity index (χ0) is 17.6. The summed E-state index contributed by atoms with van der Waals surface area (Å²) in [4.78, 5) is 25.9. The predicted octanol–water partition coefficient (Wildman–Crippen LogP) is 2.85. The van der Waals surface area contributed by atoms with Gasteiger partial charge in [0.25, 0.3) is 5.91 Å². The van der Waals surface area contributed by atoms with Crippen molar-refractivity contribution in [3.63, 3.8) is 0 Å². The normalized spacial score (nSPS) is 15.5. The number of piperidine rings is 1. The number of hydrogen-bond donors (Lipinski definition) is 1. The fourth-order valence-corrected chi connectivity index (χ4v) is 2.81. The number of furan rings is 1. The highest BCUT2D eigenvalue weighted by Crippen LogP contribution is 2.14. The summed E-state index contributed by atoms with van der Waals surface area (Å²) in [6.07, 6.45) is 5.61. The molecule has 0 bridgehead atoms. The minimum atomic E-state index is -0.365. The van der Waals surface area contributed by atoms with Gasteiger partial charge in [-0.05, 0) is 37.1 Å². The van der Waals surface area contributed by atoms with E-state index in [1.807, 2.05) is 0 Å². The van der Waals surface area contributed by atoms with Crippen molar-refractivity contribution < 1.29 is 18.4 Å². The standard InChI is InChI=1S/C19H19FN2O3/c20-16-5-2-1-4-14(16)7-8-18(23)21-15-9-11-22(12-10-15)19(24)17-6-3-13-25-17/h1-8,13,15H,9-12H2,(H,21,23)/b8-7+. The molecule has 3 rings (SSSR count). The second kappa shape index (κ2) is 7.79. The number of carbonyl (C=O) groups excluding carboxylic acids is 2. The Hall–Kier alpha value is -2.89. The van der Waals surface area contributed by atoms with Gasteiger partial charge in [-0.25, -0.2) is 4.39 Å². The van der Waals surface area contributed by atoms with Crippen LogP contribution in [-0.2, 0) is 4.79 Å². The van der Waals surface area contributed by atoms with Crippen molar-refractivity contribution in [3.05, 3.63) is 65.9 Å². The van der Waals surface area contributed by atoms with Crippen LogP contribution in [0.15, 0.2) is 53.2 Å². The average molecular weight is 342 g/mol. The number of benzene rings is 1.